The van der Waals surface area contributed by atoms with Gasteiger partial charge in [0.1, 0.15) is 11.9 Å². The van der Waals surface area contributed by atoms with E-state index >= 15 is 0 Å². The number of aromatic nitrogens is 2. The van der Waals surface area contributed by atoms with Gasteiger partial charge in [0.2, 0.25) is 0 Å². The Labute approximate surface area is 209 Å². The minimum absolute atomic E-state index is 0.0106. The SMILES string of the molecule is CN1CCC(OC2c3ccccc3CCn3cc(-c4ccccc4CO)nc32)CC1.O=C(O)C(=O)O. The Kier molecular flexibility index (Phi) is 8.14. The maximum atomic E-state index is 9.78. The van der Waals surface area contributed by atoms with E-state index in [0.29, 0.717) is 0 Å². The van der Waals surface area contributed by atoms with Gasteiger partial charge in [0.15, 0.2) is 0 Å². The molecule has 0 radical (unpaired) electrons. The summed E-state index contributed by atoms with van der Waals surface area (Å²) in [7, 11) is 2.18. The van der Waals surface area contributed by atoms with Crippen molar-refractivity contribution in [2.45, 2.75) is 44.6 Å². The van der Waals surface area contributed by atoms with Crippen molar-refractivity contribution in [2.24, 2.45) is 0 Å². The standard InChI is InChI=1S/C25H29N3O2.C2H2O4/c1-27-13-11-20(12-14-27)30-24-22-9-5-2-6-18(22)10-15-28-16-23(26-25(24)28)21-8-4-3-7-19(21)17-29;3-1(4)2(5)6/h2-9,16,20,24,29H,10-15,17H2,1H3;(H,3,4)(H,5,6). The van der Waals surface area contributed by atoms with Gasteiger partial charge in [-0.2, -0.15) is 0 Å². The fourth-order valence-electron chi connectivity index (χ4n) is 4.70. The van der Waals surface area contributed by atoms with Gasteiger partial charge in [-0.05, 0) is 43.0 Å². The number of carboxylic acid groups (broad SMARTS) is 2. The second-order valence-electron chi connectivity index (χ2n) is 9.07. The van der Waals surface area contributed by atoms with Crippen LogP contribution in [0.1, 0.15) is 41.5 Å². The van der Waals surface area contributed by atoms with E-state index in [1.165, 1.54) is 11.1 Å². The van der Waals surface area contributed by atoms with Gasteiger partial charge in [0.05, 0.1) is 18.4 Å². The molecule has 0 saturated carbocycles. The van der Waals surface area contributed by atoms with Crippen LogP contribution in [0.3, 0.4) is 0 Å². The summed E-state index contributed by atoms with van der Waals surface area (Å²) in [5.41, 5.74) is 5.39. The van der Waals surface area contributed by atoms with Crippen molar-refractivity contribution in [1.29, 1.82) is 0 Å². The van der Waals surface area contributed by atoms with E-state index in [1.54, 1.807) is 0 Å². The molecule has 2 aliphatic heterocycles. The van der Waals surface area contributed by atoms with E-state index in [2.05, 4.69) is 47.0 Å². The highest BCUT2D eigenvalue weighted by Gasteiger charge is 2.30. The molecule has 190 valence electrons. The third-order valence-corrected chi connectivity index (χ3v) is 6.64. The molecule has 1 atom stereocenters. The number of imidazole rings is 1. The number of nitrogens with zero attached hydrogens (tertiary/aromatic N) is 3. The third-order valence-electron chi connectivity index (χ3n) is 6.64. The quantitative estimate of drug-likeness (QED) is 0.474. The zero-order valence-electron chi connectivity index (χ0n) is 20.2. The predicted octanol–water partition coefficient (Wildman–Crippen LogP) is 2.95. The van der Waals surface area contributed by atoms with Crippen LogP contribution in [0.25, 0.3) is 11.3 Å². The number of carbonyl (C=O) groups is 2. The number of aryl methyl sites for hydroxylation is 2. The van der Waals surface area contributed by atoms with Crippen molar-refractivity contribution in [3.63, 3.8) is 0 Å². The molecule has 0 amide bonds. The highest BCUT2D eigenvalue weighted by molar-refractivity contribution is 6.27. The molecule has 0 bridgehead atoms. The fourth-order valence-corrected chi connectivity index (χ4v) is 4.70. The number of aliphatic hydroxyl groups excluding tert-OH is 1. The number of ether oxygens (including phenoxy) is 1. The minimum Gasteiger partial charge on any atom is -0.473 e. The van der Waals surface area contributed by atoms with Crippen molar-refractivity contribution in [3.8, 4) is 11.3 Å². The molecule has 9 nitrogen and oxygen atoms in total. The monoisotopic (exact) mass is 493 g/mol. The highest BCUT2D eigenvalue weighted by atomic mass is 16.5. The lowest BCUT2D eigenvalue weighted by Crippen LogP contribution is -2.35. The Bertz CT molecular complexity index is 1200. The van der Waals surface area contributed by atoms with Gasteiger partial charge in [-0.25, -0.2) is 14.6 Å². The first kappa shape index (κ1) is 25.6. The Morgan fingerprint density at radius 3 is 2.36 bits per heavy atom. The molecule has 1 unspecified atom stereocenters. The summed E-state index contributed by atoms with van der Waals surface area (Å²) in [6, 6.07) is 16.6. The van der Waals surface area contributed by atoms with Crippen LogP contribution in [0, 0.1) is 0 Å². The largest absolute Gasteiger partial charge is 0.473 e. The maximum Gasteiger partial charge on any atom is 0.414 e. The molecule has 1 aromatic heterocycles. The Morgan fingerprint density at radius 2 is 1.67 bits per heavy atom. The Morgan fingerprint density at radius 1 is 1.00 bits per heavy atom. The van der Waals surface area contributed by atoms with E-state index in [1.807, 2.05) is 24.3 Å². The van der Waals surface area contributed by atoms with Crippen LogP contribution in [0.5, 0.6) is 0 Å². The molecule has 2 aromatic carbocycles. The van der Waals surface area contributed by atoms with E-state index < -0.39 is 11.9 Å². The van der Waals surface area contributed by atoms with Crippen molar-refractivity contribution in [1.82, 2.24) is 14.5 Å². The number of hydrogen-bond donors (Lipinski definition) is 3. The molecule has 0 spiro atoms. The number of benzene rings is 2. The zero-order valence-corrected chi connectivity index (χ0v) is 20.2. The molecule has 3 heterocycles. The summed E-state index contributed by atoms with van der Waals surface area (Å²) in [6.45, 7) is 3.04. The van der Waals surface area contributed by atoms with Crippen molar-refractivity contribution < 1.29 is 29.6 Å². The molecule has 3 aromatic rings. The number of rotatable bonds is 4. The number of piperidine rings is 1. The average molecular weight is 494 g/mol. The number of hydrogen-bond acceptors (Lipinski definition) is 6. The Hall–Kier alpha value is -3.53. The van der Waals surface area contributed by atoms with Crippen LogP contribution in [0.15, 0.2) is 54.7 Å². The summed E-state index contributed by atoms with van der Waals surface area (Å²) >= 11 is 0. The predicted molar refractivity (Wildman–Crippen MR) is 132 cm³/mol. The van der Waals surface area contributed by atoms with Gasteiger partial charge < -0.3 is 29.5 Å². The van der Waals surface area contributed by atoms with Crippen LogP contribution in [-0.4, -0.2) is 68.0 Å². The van der Waals surface area contributed by atoms with Gasteiger partial charge >= 0.3 is 11.9 Å². The normalized spacial score (nSPS) is 17.8. The lowest BCUT2D eigenvalue weighted by molar-refractivity contribution is -0.159. The molecule has 36 heavy (non-hydrogen) atoms. The molecule has 3 N–H and O–H groups in total. The van der Waals surface area contributed by atoms with E-state index in [0.717, 1.165) is 61.5 Å². The molecular formula is C27H31N3O6. The van der Waals surface area contributed by atoms with Crippen molar-refractivity contribution in [3.05, 3.63) is 77.2 Å². The highest BCUT2D eigenvalue weighted by Crippen LogP contribution is 2.36. The van der Waals surface area contributed by atoms with Crippen molar-refractivity contribution >= 4 is 11.9 Å². The number of carboxylic acids is 2. The fraction of sp³-hybridized carbons (Fsp3) is 0.370. The third kappa shape index (κ3) is 5.81. The Balaban J connectivity index is 0.000000455. The molecule has 0 aliphatic carbocycles. The number of aliphatic hydroxyl groups is 1. The average Bonchev–Trinajstić information content (AvgIpc) is 3.25. The minimum atomic E-state index is -1.82. The van der Waals surface area contributed by atoms with Crippen molar-refractivity contribution in [2.75, 3.05) is 20.1 Å². The number of fused-ring (bicyclic) bond motifs is 2. The second-order valence-corrected chi connectivity index (χ2v) is 9.07. The van der Waals surface area contributed by atoms with Crippen LogP contribution in [0.4, 0.5) is 0 Å². The van der Waals surface area contributed by atoms with Gasteiger partial charge in [0, 0.05) is 31.4 Å². The summed E-state index contributed by atoms with van der Waals surface area (Å²) < 4.78 is 9.01. The first-order chi connectivity index (χ1) is 17.4. The van der Waals surface area contributed by atoms with Gasteiger partial charge in [0.25, 0.3) is 0 Å². The number of likely N-dealkylation sites (tertiary alicyclic amines) is 1. The van der Waals surface area contributed by atoms with Crippen LogP contribution < -0.4 is 0 Å². The molecule has 2 aliphatic rings. The van der Waals surface area contributed by atoms with Crippen LogP contribution in [0.2, 0.25) is 0 Å². The first-order valence-corrected chi connectivity index (χ1v) is 12.0. The number of aliphatic carboxylic acids is 2. The topological polar surface area (TPSA) is 125 Å². The maximum absolute atomic E-state index is 9.78. The summed E-state index contributed by atoms with van der Waals surface area (Å²) in [5.74, 6) is -2.67. The van der Waals surface area contributed by atoms with E-state index in [-0.39, 0.29) is 18.8 Å². The summed E-state index contributed by atoms with van der Waals surface area (Å²) in [5, 5.41) is 24.6. The van der Waals surface area contributed by atoms with Crippen LogP contribution >= 0.6 is 0 Å². The van der Waals surface area contributed by atoms with E-state index in [9.17, 15) is 5.11 Å². The molecule has 1 saturated heterocycles. The van der Waals surface area contributed by atoms with Gasteiger partial charge in [-0.15, -0.1) is 0 Å². The molecule has 5 rings (SSSR count). The first-order valence-electron chi connectivity index (χ1n) is 12.0. The zero-order chi connectivity index (χ0) is 25.7. The smallest absolute Gasteiger partial charge is 0.414 e. The lowest BCUT2D eigenvalue weighted by atomic mass is 9.99. The molecule has 1 fully saturated rings. The van der Waals surface area contributed by atoms with Gasteiger partial charge in [-0.3, -0.25) is 0 Å². The second kappa shape index (κ2) is 11.5. The van der Waals surface area contributed by atoms with Crippen LogP contribution in [-0.2, 0) is 33.9 Å². The lowest BCUT2D eigenvalue weighted by Gasteiger charge is -2.32. The van der Waals surface area contributed by atoms with Gasteiger partial charge in [-0.1, -0.05) is 48.5 Å². The van der Waals surface area contributed by atoms with E-state index in [4.69, 9.17) is 29.5 Å². The summed E-state index contributed by atoms with van der Waals surface area (Å²) in [4.78, 5) is 25.6. The molecular weight excluding hydrogens is 462 g/mol. The molecule has 9 heteroatoms. The summed E-state index contributed by atoms with van der Waals surface area (Å²) in [6.07, 6.45) is 5.28.